The van der Waals surface area contributed by atoms with E-state index in [4.69, 9.17) is 11.6 Å². The van der Waals surface area contributed by atoms with Gasteiger partial charge >= 0.3 is 0 Å². The lowest BCUT2D eigenvalue weighted by Crippen LogP contribution is -2.23. The Balaban J connectivity index is 1.76. The van der Waals surface area contributed by atoms with Gasteiger partial charge in [-0.15, -0.1) is 5.10 Å². The van der Waals surface area contributed by atoms with Crippen LogP contribution in [0.15, 0.2) is 53.3 Å². The number of nitrogens with zero attached hydrogens (tertiary/aromatic N) is 4. The normalized spacial score (nSPS) is 12.0. The zero-order valence-corrected chi connectivity index (χ0v) is 14.6. The lowest BCUT2D eigenvalue weighted by atomic mass is 10.2. The van der Waals surface area contributed by atoms with E-state index in [9.17, 15) is 14.9 Å². The van der Waals surface area contributed by atoms with E-state index in [1.807, 2.05) is 6.07 Å². The molecule has 4 rings (SSSR count). The van der Waals surface area contributed by atoms with Gasteiger partial charge in [0.05, 0.1) is 9.46 Å². The van der Waals surface area contributed by atoms with Crippen LogP contribution in [0.4, 0.5) is 5.69 Å². The lowest BCUT2D eigenvalue weighted by Gasteiger charge is -1.94. The average Bonchev–Trinajstić information content (AvgIpc) is 3.16. The number of fused-ring (bicyclic) bond motifs is 1. The highest BCUT2D eigenvalue weighted by Crippen LogP contribution is 2.20. The average molecular weight is 385 g/mol. The summed E-state index contributed by atoms with van der Waals surface area (Å²) >= 11 is 7.18. The number of rotatable bonds is 3. The van der Waals surface area contributed by atoms with Crippen LogP contribution in [0.1, 0.15) is 5.56 Å². The molecule has 0 aliphatic carbocycles. The first kappa shape index (κ1) is 16.4. The van der Waals surface area contributed by atoms with E-state index < -0.39 is 4.92 Å². The standard InChI is InChI=1S/C17H9ClN4O3S/c18-12-3-1-2-11(9-12)15-19-17-21(20-15)16(23)14(26-17)8-10-4-6-13(7-5-10)22(24)25/h1-9H/b14-8-. The van der Waals surface area contributed by atoms with Crippen LogP contribution in [-0.4, -0.2) is 19.5 Å². The molecule has 2 heterocycles. The van der Waals surface area contributed by atoms with Gasteiger partial charge in [0.25, 0.3) is 11.2 Å². The van der Waals surface area contributed by atoms with Crippen LogP contribution in [-0.2, 0) is 0 Å². The fourth-order valence-corrected chi connectivity index (χ4v) is 3.53. The van der Waals surface area contributed by atoms with E-state index in [0.29, 0.717) is 25.9 Å². The van der Waals surface area contributed by atoms with E-state index in [-0.39, 0.29) is 11.2 Å². The second-order valence-electron chi connectivity index (χ2n) is 5.40. The number of non-ortho nitro benzene ring substituents is 1. The predicted octanol–water partition coefficient (Wildman–Crippen LogP) is 2.93. The van der Waals surface area contributed by atoms with Crippen molar-refractivity contribution in [3.8, 4) is 11.4 Å². The summed E-state index contributed by atoms with van der Waals surface area (Å²) in [4.78, 5) is 27.6. The Kier molecular flexibility index (Phi) is 3.98. The summed E-state index contributed by atoms with van der Waals surface area (Å²) in [5.74, 6) is 0.428. The third kappa shape index (κ3) is 2.96. The molecule has 0 unspecified atom stereocenters. The van der Waals surface area contributed by atoms with E-state index in [1.165, 1.54) is 28.0 Å². The molecule has 128 valence electrons. The molecule has 0 spiro atoms. The highest BCUT2D eigenvalue weighted by molar-refractivity contribution is 7.15. The number of thiazole rings is 1. The van der Waals surface area contributed by atoms with Crippen molar-refractivity contribution >= 4 is 39.7 Å². The van der Waals surface area contributed by atoms with E-state index in [2.05, 4.69) is 10.1 Å². The number of nitro benzene ring substituents is 1. The van der Waals surface area contributed by atoms with Crippen LogP contribution >= 0.6 is 22.9 Å². The van der Waals surface area contributed by atoms with Crippen molar-refractivity contribution in [3.63, 3.8) is 0 Å². The Labute approximate surface area is 155 Å². The molecule has 0 fully saturated rings. The summed E-state index contributed by atoms with van der Waals surface area (Å²) in [7, 11) is 0. The Morgan fingerprint density at radius 2 is 1.96 bits per heavy atom. The molecular weight excluding hydrogens is 376 g/mol. The van der Waals surface area contributed by atoms with E-state index >= 15 is 0 Å². The van der Waals surface area contributed by atoms with Crippen LogP contribution in [0, 0.1) is 10.1 Å². The van der Waals surface area contributed by atoms with Crippen molar-refractivity contribution in [2.45, 2.75) is 0 Å². The van der Waals surface area contributed by atoms with Gasteiger partial charge in [0.2, 0.25) is 4.96 Å². The first-order valence-corrected chi connectivity index (χ1v) is 8.62. The third-order valence-corrected chi connectivity index (χ3v) is 4.86. The summed E-state index contributed by atoms with van der Waals surface area (Å²) < 4.78 is 1.70. The first-order chi connectivity index (χ1) is 12.5. The van der Waals surface area contributed by atoms with Crippen molar-refractivity contribution in [1.29, 1.82) is 0 Å². The zero-order chi connectivity index (χ0) is 18.3. The van der Waals surface area contributed by atoms with Crippen LogP contribution in [0.2, 0.25) is 5.02 Å². The minimum absolute atomic E-state index is 0.00157. The maximum absolute atomic E-state index is 12.5. The Hall–Kier alpha value is -3.10. The van der Waals surface area contributed by atoms with Crippen LogP contribution in [0.5, 0.6) is 0 Å². The van der Waals surface area contributed by atoms with Gasteiger partial charge in [-0.1, -0.05) is 35.1 Å². The second kappa shape index (κ2) is 6.32. The van der Waals surface area contributed by atoms with Crippen LogP contribution < -0.4 is 10.1 Å². The highest BCUT2D eigenvalue weighted by Gasteiger charge is 2.12. The molecule has 2 aromatic heterocycles. The minimum atomic E-state index is -0.469. The maximum atomic E-state index is 12.5. The van der Waals surface area contributed by atoms with Gasteiger partial charge in [-0.25, -0.2) is 0 Å². The molecule has 0 aliphatic heterocycles. The molecule has 7 nitrogen and oxygen atoms in total. The van der Waals surface area contributed by atoms with Crippen molar-refractivity contribution in [2.75, 3.05) is 0 Å². The number of benzene rings is 2. The number of halogens is 1. The number of aromatic nitrogens is 3. The summed E-state index contributed by atoms with van der Waals surface area (Å²) in [6.45, 7) is 0. The Morgan fingerprint density at radius 3 is 2.62 bits per heavy atom. The van der Waals surface area contributed by atoms with E-state index in [0.717, 1.165) is 5.56 Å². The molecule has 0 N–H and O–H groups in total. The molecule has 0 aliphatic rings. The molecule has 0 amide bonds. The molecule has 2 aromatic carbocycles. The third-order valence-electron chi connectivity index (χ3n) is 3.67. The molecule has 0 saturated heterocycles. The molecule has 4 aromatic rings. The quantitative estimate of drug-likeness (QED) is 0.400. The molecule has 0 bridgehead atoms. The maximum Gasteiger partial charge on any atom is 0.291 e. The second-order valence-corrected chi connectivity index (χ2v) is 6.85. The van der Waals surface area contributed by atoms with Gasteiger partial charge in [0.15, 0.2) is 5.82 Å². The minimum Gasteiger partial charge on any atom is -0.266 e. The summed E-state index contributed by atoms with van der Waals surface area (Å²) in [5, 5.41) is 15.5. The van der Waals surface area contributed by atoms with Gasteiger partial charge in [-0.05, 0) is 35.9 Å². The van der Waals surface area contributed by atoms with E-state index in [1.54, 1.807) is 36.4 Å². The van der Waals surface area contributed by atoms with Gasteiger partial charge in [-0.3, -0.25) is 14.9 Å². The molecule has 9 heteroatoms. The molecule has 0 saturated carbocycles. The van der Waals surface area contributed by atoms with Gasteiger partial charge in [0.1, 0.15) is 0 Å². The highest BCUT2D eigenvalue weighted by atomic mass is 35.5. The number of hydrogen-bond acceptors (Lipinski definition) is 6. The zero-order valence-electron chi connectivity index (χ0n) is 13.0. The lowest BCUT2D eigenvalue weighted by molar-refractivity contribution is -0.384. The number of hydrogen-bond donors (Lipinski definition) is 0. The van der Waals surface area contributed by atoms with Gasteiger partial charge in [0, 0.05) is 22.7 Å². The fourth-order valence-electron chi connectivity index (χ4n) is 2.43. The fraction of sp³-hybridized carbons (Fsp3) is 0. The first-order valence-electron chi connectivity index (χ1n) is 7.43. The smallest absolute Gasteiger partial charge is 0.266 e. The monoisotopic (exact) mass is 384 g/mol. The Morgan fingerprint density at radius 1 is 1.19 bits per heavy atom. The summed E-state index contributed by atoms with van der Waals surface area (Å²) in [6, 6.07) is 13.1. The summed E-state index contributed by atoms with van der Waals surface area (Å²) in [5.41, 5.74) is 1.13. The SMILES string of the molecule is O=c1/c(=C/c2ccc([N+](=O)[O-])cc2)sc2nc(-c3cccc(Cl)c3)nn12. The molecule has 26 heavy (non-hydrogen) atoms. The van der Waals surface area contributed by atoms with Crippen LogP contribution in [0.3, 0.4) is 0 Å². The van der Waals surface area contributed by atoms with Crippen molar-refractivity contribution in [1.82, 2.24) is 14.6 Å². The van der Waals surface area contributed by atoms with Gasteiger partial charge < -0.3 is 0 Å². The summed E-state index contributed by atoms with van der Waals surface area (Å²) in [6.07, 6.45) is 1.66. The van der Waals surface area contributed by atoms with Crippen LogP contribution in [0.25, 0.3) is 22.4 Å². The topological polar surface area (TPSA) is 90.4 Å². The Bertz CT molecular complexity index is 1250. The molecule has 0 radical (unpaired) electrons. The predicted molar refractivity (Wildman–Crippen MR) is 99.5 cm³/mol. The molecular formula is C17H9ClN4O3S. The van der Waals surface area contributed by atoms with Crippen molar-refractivity contribution in [2.24, 2.45) is 0 Å². The van der Waals surface area contributed by atoms with Gasteiger partial charge in [-0.2, -0.15) is 9.50 Å². The molecule has 0 atom stereocenters. The number of nitro groups is 1. The largest absolute Gasteiger partial charge is 0.291 e. The van der Waals surface area contributed by atoms with Crippen molar-refractivity contribution in [3.05, 3.63) is 84.1 Å². The van der Waals surface area contributed by atoms with Crippen molar-refractivity contribution < 1.29 is 4.92 Å².